The number of hydrogen-bond donors (Lipinski definition) is 3. The van der Waals surface area contributed by atoms with E-state index in [0.29, 0.717) is 24.9 Å². The number of nitrogens with one attached hydrogen (secondary N) is 1. The highest BCUT2D eigenvalue weighted by Crippen LogP contribution is 2.25. The molecule has 3 N–H and O–H groups in total. The molecule has 29 heavy (non-hydrogen) atoms. The summed E-state index contributed by atoms with van der Waals surface area (Å²) in [5, 5.41) is 22.6. The summed E-state index contributed by atoms with van der Waals surface area (Å²) in [6.45, 7) is 2.35. The lowest BCUT2D eigenvalue weighted by Crippen LogP contribution is -2.44. The number of carbonyl (C=O) groups is 1. The van der Waals surface area contributed by atoms with Gasteiger partial charge in [-0.05, 0) is 55.7 Å². The van der Waals surface area contributed by atoms with Crippen LogP contribution in [0.3, 0.4) is 0 Å². The van der Waals surface area contributed by atoms with Gasteiger partial charge in [0.2, 0.25) is 15.9 Å². The third kappa shape index (κ3) is 4.93. The molecule has 1 fully saturated rings. The monoisotopic (exact) mass is 417 g/mol. The number of amides is 1. The summed E-state index contributed by atoms with van der Waals surface area (Å²) in [6, 6.07) is 10.8. The number of benzene rings is 2. The average molecular weight is 417 g/mol. The second-order valence-corrected chi connectivity index (χ2v) is 8.94. The van der Waals surface area contributed by atoms with Crippen molar-refractivity contribution in [3.05, 3.63) is 53.6 Å². The summed E-state index contributed by atoms with van der Waals surface area (Å²) < 4.78 is 27.0. The van der Waals surface area contributed by atoms with Crippen LogP contribution in [0.5, 0.6) is 11.5 Å². The minimum Gasteiger partial charge on any atom is -0.504 e. The fourth-order valence-corrected chi connectivity index (χ4v) is 4.64. The van der Waals surface area contributed by atoms with Gasteiger partial charge in [-0.1, -0.05) is 17.7 Å². The highest BCUT2D eigenvalue weighted by Gasteiger charge is 2.33. The Bertz CT molecular complexity index is 1020. The molecule has 0 spiro atoms. The quantitative estimate of drug-likeness (QED) is 0.390. The van der Waals surface area contributed by atoms with Crippen LogP contribution in [0.25, 0.3) is 0 Å². The van der Waals surface area contributed by atoms with Crippen molar-refractivity contribution in [1.82, 2.24) is 9.73 Å². The summed E-state index contributed by atoms with van der Waals surface area (Å²) in [4.78, 5) is 12.6. The molecular formula is C20H23N3O5S. The van der Waals surface area contributed by atoms with Gasteiger partial charge in [-0.2, -0.15) is 9.41 Å². The highest BCUT2D eigenvalue weighted by atomic mass is 32.2. The molecule has 1 heterocycles. The second kappa shape index (κ2) is 8.62. The van der Waals surface area contributed by atoms with Crippen molar-refractivity contribution >= 4 is 22.1 Å². The van der Waals surface area contributed by atoms with Gasteiger partial charge >= 0.3 is 0 Å². The number of sulfonamides is 1. The van der Waals surface area contributed by atoms with E-state index in [1.165, 1.54) is 28.7 Å². The van der Waals surface area contributed by atoms with E-state index in [4.69, 9.17) is 0 Å². The molecule has 1 aliphatic heterocycles. The fourth-order valence-electron chi connectivity index (χ4n) is 3.12. The first-order valence-electron chi connectivity index (χ1n) is 9.19. The molecule has 3 rings (SSSR count). The zero-order valence-corrected chi connectivity index (χ0v) is 16.8. The van der Waals surface area contributed by atoms with Gasteiger partial charge in [-0.25, -0.2) is 13.8 Å². The number of phenolic OH excluding ortho intramolecular Hbond substituents is 2. The maximum atomic E-state index is 12.8. The number of aromatic hydroxyl groups is 2. The number of hydrazone groups is 1. The Balaban J connectivity index is 1.63. The smallest absolute Gasteiger partial charge is 0.244 e. The second-order valence-electron chi connectivity index (χ2n) is 7.00. The summed E-state index contributed by atoms with van der Waals surface area (Å²) in [7, 11) is -3.65. The predicted molar refractivity (Wildman–Crippen MR) is 108 cm³/mol. The number of nitrogens with zero attached hydrogens (tertiary/aromatic N) is 2. The van der Waals surface area contributed by atoms with E-state index in [2.05, 4.69) is 10.5 Å². The van der Waals surface area contributed by atoms with Gasteiger partial charge in [0, 0.05) is 13.1 Å². The summed E-state index contributed by atoms with van der Waals surface area (Å²) in [5.74, 6) is -1.41. The van der Waals surface area contributed by atoms with Crippen molar-refractivity contribution in [3.63, 3.8) is 0 Å². The van der Waals surface area contributed by atoms with E-state index in [1.807, 2.05) is 6.92 Å². The third-order valence-electron chi connectivity index (χ3n) is 4.80. The van der Waals surface area contributed by atoms with Gasteiger partial charge in [0.25, 0.3) is 0 Å². The first-order chi connectivity index (χ1) is 13.8. The molecule has 9 heteroatoms. The Labute approximate surface area is 169 Å². The van der Waals surface area contributed by atoms with Crippen LogP contribution in [-0.4, -0.2) is 48.1 Å². The first-order valence-corrected chi connectivity index (χ1v) is 10.6. The van der Waals surface area contributed by atoms with Gasteiger partial charge in [-0.15, -0.1) is 0 Å². The van der Waals surface area contributed by atoms with Crippen LogP contribution in [0.2, 0.25) is 0 Å². The third-order valence-corrected chi connectivity index (χ3v) is 6.68. The maximum Gasteiger partial charge on any atom is 0.244 e. The number of hydrogen-bond acceptors (Lipinski definition) is 6. The molecule has 1 amide bonds. The van der Waals surface area contributed by atoms with Crippen LogP contribution in [0.1, 0.15) is 24.0 Å². The van der Waals surface area contributed by atoms with E-state index < -0.39 is 15.9 Å². The largest absolute Gasteiger partial charge is 0.504 e. The summed E-state index contributed by atoms with van der Waals surface area (Å²) in [6.07, 6.45) is 2.49. The normalized spacial score (nSPS) is 18.0. The number of piperidine rings is 1. The molecule has 8 nitrogen and oxygen atoms in total. The lowest BCUT2D eigenvalue weighted by atomic mass is 9.99. The molecule has 0 aromatic heterocycles. The maximum absolute atomic E-state index is 12.8. The molecule has 0 bridgehead atoms. The molecule has 0 radical (unpaired) electrons. The van der Waals surface area contributed by atoms with E-state index in [9.17, 15) is 23.4 Å². The predicted octanol–water partition coefficient (Wildman–Crippen LogP) is 1.96. The van der Waals surface area contributed by atoms with Crippen molar-refractivity contribution < 1.29 is 23.4 Å². The molecule has 1 saturated heterocycles. The molecule has 2 aromatic rings. The van der Waals surface area contributed by atoms with Crippen molar-refractivity contribution in [1.29, 1.82) is 0 Å². The Morgan fingerprint density at radius 2 is 1.90 bits per heavy atom. The number of aryl methyl sites for hydroxylation is 1. The molecule has 0 saturated carbocycles. The molecule has 1 atom stereocenters. The Morgan fingerprint density at radius 3 is 2.59 bits per heavy atom. The van der Waals surface area contributed by atoms with Crippen molar-refractivity contribution in [2.45, 2.75) is 24.7 Å². The van der Waals surface area contributed by atoms with Gasteiger partial charge in [0.1, 0.15) is 0 Å². The van der Waals surface area contributed by atoms with Crippen LogP contribution in [0, 0.1) is 12.8 Å². The van der Waals surface area contributed by atoms with E-state index in [1.54, 1.807) is 24.3 Å². The van der Waals surface area contributed by atoms with Crippen LogP contribution in [0.15, 0.2) is 52.5 Å². The van der Waals surface area contributed by atoms with Crippen molar-refractivity contribution in [2.75, 3.05) is 13.1 Å². The fraction of sp³-hybridized carbons (Fsp3) is 0.300. The Morgan fingerprint density at radius 1 is 1.17 bits per heavy atom. The first kappa shape index (κ1) is 20.8. The SMILES string of the molecule is Cc1ccc(S(=O)(=O)N2CCC[C@@H](C(=O)N/N=C/c3ccc(O)c(O)c3)C2)cc1. The van der Waals surface area contributed by atoms with Gasteiger partial charge < -0.3 is 10.2 Å². The minimum atomic E-state index is -3.65. The molecule has 0 unspecified atom stereocenters. The Kier molecular flexibility index (Phi) is 6.19. The number of carbonyl (C=O) groups excluding carboxylic acids is 1. The van der Waals surface area contributed by atoms with Gasteiger partial charge in [-0.3, -0.25) is 4.79 Å². The molecule has 2 aromatic carbocycles. The van der Waals surface area contributed by atoms with Gasteiger partial charge in [0.05, 0.1) is 17.0 Å². The van der Waals surface area contributed by atoms with Crippen LogP contribution >= 0.6 is 0 Å². The molecular weight excluding hydrogens is 394 g/mol. The van der Waals surface area contributed by atoms with Crippen LogP contribution in [0.4, 0.5) is 0 Å². The van der Waals surface area contributed by atoms with Crippen molar-refractivity contribution in [2.24, 2.45) is 11.0 Å². The topological polar surface area (TPSA) is 119 Å². The number of rotatable bonds is 5. The lowest BCUT2D eigenvalue weighted by Gasteiger charge is -2.30. The average Bonchev–Trinajstić information content (AvgIpc) is 2.71. The molecule has 154 valence electrons. The highest BCUT2D eigenvalue weighted by molar-refractivity contribution is 7.89. The van der Waals surface area contributed by atoms with Crippen molar-refractivity contribution in [3.8, 4) is 11.5 Å². The number of phenols is 2. The van der Waals surface area contributed by atoms with E-state index >= 15 is 0 Å². The molecule has 0 aliphatic carbocycles. The standard InChI is InChI=1S/C20H23N3O5S/c1-14-4-7-17(8-5-14)29(27,28)23-10-2-3-16(13-23)20(26)22-21-12-15-6-9-18(24)19(25)11-15/h4-9,11-12,16,24-25H,2-3,10,13H2,1H3,(H,22,26)/b21-12+/t16-/m1/s1. The van der Waals surface area contributed by atoms with E-state index in [-0.39, 0.29) is 28.8 Å². The zero-order chi connectivity index (χ0) is 21.0. The lowest BCUT2D eigenvalue weighted by molar-refractivity contribution is -0.126. The summed E-state index contributed by atoms with van der Waals surface area (Å²) >= 11 is 0. The minimum absolute atomic E-state index is 0.0948. The summed E-state index contributed by atoms with van der Waals surface area (Å²) in [5.41, 5.74) is 3.88. The van der Waals surface area contributed by atoms with Crippen LogP contribution < -0.4 is 5.43 Å². The zero-order valence-electron chi connectivity index (χ0n) is 15.9. The van der Waals surface area contributed by atoms with Crippen LogP contribution in [-0.2, 0) is 14.8 Å². The van der Waals surface area contributed by atoms with E-state index in [0.717, 1.165) is 5.56 Å². The van der Waals surface area contributed by atoms with Gasteiger partial charge in [0.15, 0.2) is 11.5 Å². The molecule has 1 aliphatic rings. The Hall–Kier alpha value is -2.91.